The lowest BCUT2D eigenvalue weighted by Gasteiger charge is -2.05. The van der Waals surface area contributed by atoms with Gasteiger partial charge in [-0.05, 0) is 54.8 Å². The van der Waals surface area contributed by atoms with E-state index in [9.17, 15) is 4.79 Å². The average molecular weight is 284 g/mol. The smallest absolute Gasteiger partial charge is 0.182 e. The molecule has 0 aliphatic carbocycles. The third-order valence-corrected chi connectivity index (χ3v) is 3.66. The average Bonchev–Trinajstić information content (AvgIpc) is 2.81. The van der Waals surface area contributed by atoms with Crippen LogP contribution in [0, 0.1) is 6.92 Å². The van der Waals surface area contributed by atoms with Crippen LogP contribution in [-0.4, -0.2) is 10.4 Å². The summed E-state index contributed by atoms with van der Waals surface area (Å²) in [5.41, 5.74) is 2.99. The molecule has 0 saturated carbocycles. The fourth-order valence-electron chi connectivity index (χ4n) is 2.34. The first-order valence-corrected chi connectivity index (χ1v) is 6.85. The van der Waals surface area contributed by atoms with Gasteiger partial charge in [0.25, 0.3) is 0 Å². The van der Waals surface area contributed by atoms with E-state index in [1.54, 1.807) is 24.3 Å². The molecule has 1 heterocycles. The number of Topliss-reactive ketones (excluding diaryl/α,β-unsaturated/α-hetero) is 1. The van der Waals surface area contributed by atoms with E-state index in [2.05, 4.69) is 25.1 Å². The lowest BCUT2D eigenvalue weighted by molar-refractivity contribution is 0.0973. The number of fused-ring (bicyclic) bond motifs is 1. The van der Waals surface area contributed by atoms with Gasteiger partial charge in [-0.2, -0.15) is 0 Å². The number of ketones is 1. The largest absolute Gasteiger partial charge is 0.340 e. The predicted molar refractivity (Wildman–Crippen MR) is 82.5 cm³/mol. The normalized spacial score (nSPS) is 10.9. The van der Waals surface area contributed by atoms with Crippen LogP contribution in [-0.2, 0) is 6.54 Å². The molecule has 0 unspecified atom stereocenters. The van der Waals surface area contributed by atoms with Gasteiger partial charge in [-0.3, -0.25) is 4.79 Å². The van der Waals surface area contributed by atoms with Crippen molar-refractivity contribution in [1.29, 1.82) is 0 Å². The van der Waals surface area contributed by atoms with E-state index in [4.69, 9.17) is 11.6 Å². The molecule has 0 saturated heterocycles. The van der Waals surface area contributed by atoms with Crippen LogP contribution in [0.25, 0.3) is 10.9 Å². The van der Waals surface area contributed by atoms with Gasteiger partial charge in [0, 0.05) is 22.3 Å². The summed E-state index contributed by atoms with van der Waals surface area (Å²) in [7, 11) is 0. The second-order valence-electron chi connectivity index (χ2n) is 4.94. The van der Waals surface area contributed by atoms with Gasteiger partial charge in [0.15, 0.2) is 5.78 Å². The highest BCUT2D eigenvalue weighted by Gasteiger charge is 2.08. The minimum absolute atomic E-state index is 0.0831. The van der Waals surface area contributed by atoms with Gasteiger partial charge in [-0.25, -0.2) is 0 Å². The summed E-state index contributed by atoms with van der Waals surface area (Å²) >= 11 is 5.84. The summed E-state index contributed by atoms with van der Waals surface area (Å²) in [5, 5.41) is 1.80. The van der Waals surface area contributed by atoms with Crippen LogP contribution in [0.4, 0.5) is 0 Å². The Morgan fingerprint density at radius 1 is 1.10 bits per heavy atom. The van der Waals surface area contributed by atoms with E-state index < -0.39 is 0 Å². The first kappa shape index (κ1) is 12.9. The minimum Gasteiger partial charge on any atom is -0.340 e. The predicted octanol–water partition coefficient (Wildman–Crippen LogP) is 4.49. The summed E-state index contributed by atoms with van der Waals surface area (Å²) in [5.74, 6) is 0.0831. The Morgan fingerprint density at radius 2 is 1.85 bits per heavy atom. The molecule has 2 nitrogen and oxygen atoms in total. The molecule has 0 atom stereocenters. The van der Waals surface area contributed by atoms with E-state index >= 15 is 0 Å². The third-order valence-electron chi connectivity index (χ3n) is 3.41. The molecular weight excluding hydrogens is 270 g/mol. The molecule has 1 aromatic heterocycles. The summed E-state index contributed by atoms with van der Waals surface area (Å²) in [6.07, 6.45) is 1.96. The number of hydrogen-bond donors (Lipinski definition) is 0. The molecule has 0 spiro atoms. The van der Waals surface area contributed by atoms with Gasteiger partial charge in [0.2, 0.25) is 0 Å². The number of rotatable bonds is 3. The topological polar surface area (TPSA) is 22.0 Å². The fraction of sp³-hybridized carbons (Fsp3) is 0.118. The Kier molecular flexibility index (Phi) is 3.33. The van der Waals surface area contributed by atoms with E-state index in [1.165, 1.54) is 5.56 Å². The molecule has 3 aromatic rings. The van der Waals surface area contributed by atoms with E-state index in [-0.39, 0.29) is 5.78 Å². The molecule has 3 rings (SSSR count). The van der Waals surface area contributed by atoms with Gasteiger partial charge in [-0.15, -0.1) is 0 Å². The minimum atomic E-state index is 0.0831. The maximum Gasteiger partial charge on any atom is 0.182 e. The Labute approximate surface area is 122 Å². The number of carbonyl (C=O) groups is 1. The Balaban J connectivity index is 1.89. The van der Waals surface area contributed by atoms with E-state index in [0.717, 1.165) is 10.9 Å². The number of benzene rings is 2. The molecule has 0 aliphatic rings. The van der Waals surface area contributed by atoms with Crippen molar-refractivity contribution in [2.45, 2.75) is 13.5 Å². The van der Waals surface area contributed by atoms with E-state index in [1.807, 2.05) is 16.8 Å². The molecule has 0 bridgehead atoms. The Morgan fingerprint density at radius 3 is 2.60 bits per heavy atom. The molecule has 0 radical (unpaired) electrons. The highest BCUT2D eigenvalue weighted by molar-refractivity contribution is 6.30. The van der Waals surface area contributed by atoms with Crippen LogP contribution in [0.1, 0.15) is 15.9 Å². The summed E-state index contributed by atoms with van der Waals surface area (Å²) in [6.45, 7) is 2.41. The first-order valence-electron chi connectivity index (χ1n) is 6.48. The zero-order valence-corrected chi connectivity index (χ0v) is 11.9. The van der Waals surface area contributed by atoms with Gasteiger partial charge >= 0.3 is 0 Å². The van der Waals surface area contributed by atoms with Crippen molar-refractivity contribution in [2.24, 2.45) is 0 Å². The molecule has 100 valence electrons. The standard InChI is InChI=1S/C17H14ClNO/c1-12-2-7-16-14(10-12)8-9-19(16)11-17(20)13-3-5-15(18)6-4-13/h2-10H,11H2,1H3. The van der Waals surface area contributed by atoms with Gasteiger partial charge in [0.05, 0.1) is 6.54 Å². The van der Waals surface area contributed by atoms with Crippen molar-refractivity contribution in [3.05, 3.63) is 70.9 Å². The lowest BCUT2D eigenvalue weighted by atomic mass is 10.1. The highest BCUT2D eigenvalue weighted by atomic mass is 35.5. The van der Waals surface area contributed by atoms with Crippen LogP contribution in [0.5, 0.6) is 0 Å². The monoisotopic (exact) mass is 283 g/mol. The molecular formula is C17H14ClNO. The number of carbonyl (C=O) groups excluding carboxylic acids is 1. The summed E-state index contributed by atoms with van der Waals surface area (Å²) in [4.78, 5) is 12.3. The number of aryl methyl sites for hydroxylation is 1. The molecule has 0 amide bonds. The summed E-state index contributed by atoms with van der Waals surface area (Å²) in [6, 6.07) is 15.3. The van der Waals surface area contributed by atoms with Crippen LogP contribution < -0.4 is 0 Å². The number of aromatic nitrogens is 1. The first-order chi connectivity index (χ1) is 9.63. The van der Waals surface area contributed by atoms with Crippen molar-refractivity contribution in [3.63, 3.8) is 0 Å². The van der Waals surface area contributed by atoms with Crippen molar-refractivity contribution in [2.75, 3.05) is 0 Å². The lowest BCUT2D eigenvalue weighted by Crippen LogP contribution is -2.09. The van der Waals surface area contributed by atoms with Crippen LogP contribution in [0.15, 0.2) is 54.7 Å². The molecule has 0 fully saturated rings. The zero-order chi connectivity index (χ0) is 14.1. The second kappa shape index (κ2) is 5.14. The van der Waals surface area contributed by atoms with Crippen molar-refractivity contribution >= 4 is 28.3 Å². The van der Waals surface area contributed by atoms with Gasteiger partial charge in [0.1, 0.15) is 0 Å². The third kappa shape index (κ3) is 2.47. The second-order valence-corrected chi connectivity index (χ2v) is 5.37. The maximum absolute atomic E-state index is 12.3. The molecule has 2 aromatic carbocycles. The van der Waals surface area contributed by atoms with Gasteiger partial charge in [-0.1, -0.05) is 23.2 Å². The van der Waals surface area contributed by atoms with E-state index in [0.29, 0.717) is 17.1 Å². The van der Waals surface area contributed by atoms with Gasteiger partial charge < -0.3 is 4.57 Å². The SMILES string of the molecule is Cc1ccc2c(ccn2CC(=O)c2ccc(Cl)cc2)c1. The highest BCUT2D eigenvalue weighted by Crippen LogP contribution is 2.18. The Hall–Kier alpha value is -2.06. The quantitative estimate of drug-likeness (QED) is 0.649. The Bertz CT molecular complexity index is 771. The maximum atomic E-state index is 12.3. The molecule has 20 heavy (non-hydrogen) atoms. The number of hydrogen-bond acceptors (Lipinski definition) is 1. The number of halogens is 1. The fourth-order valence-corrected chi connectivity index (χ4v) is 2.47. The van der Waals surface area contributed by atoms with Crippen LogP contribution in [0.2, 0.25) is 5.02 Å². The van der Waals surface area contributed by atoms with Crippen LogP contribution in [0.3, 0.4) is 0 Å². The molecule has 0 aliphatic heterocycles. The van der Waals surface area contributed by atoms with Crippen molar-refractivity contribution in [3.8, 4) is 0 Å². The summed E-state index contributed by atoms with van der Waals surface area (Å²) < 4.78 is 1.98. The van der Waals surface area contributed by atoms with Crippen molar-refractivity contribution < 1.29 is 4.79 Å². The zero-order valence-electron chi connectivity index (χ0n) is 11.1. The number of nitrogens with zero attached hydrogens (tertiary/aromatic N) is 1. The van der Waals surface area contributed by atoms with Crippen LogP contribution >= 0.6 is 11.6 Å². The van der Waals surface area contributed by atoms with Crippen molar-refractivity contribution in [1.82, 2.24) is 4.57 Å². The molecule has 3 heteroatoms. The molecule has 0 N–H and O–H groups in total.